The summed E-state index contributed by atoms with van der Waals surface area (Å²) < 4.78 is 16.7. The molecule has 10 nitrogen and oxygen atoms in total. The van der Waals surface area contributed by atoms with E-state index in [9.17, 15) is 14.0 Å². The largest absolute Gasteiger partial charge is 0.359 e. The highest BCUT2D eigenvalue weighted by Gasteiger charge is 2.22. The zero-order valence-electron chi connectivity index (χ0n) is 17.8. The monoisotopic (exact) mass is 498 g/mol. The van der Waals surface area contributed by atoms with Crippen LogP contribution in [0, 0.1) is 5.82 Å². The van der Waals surface area contributed by atoms with Gasteiger partial charge in [0.1, 0.15) is 22.5 Å². The lowest BCUT2D eigenvalue weighted by molar-refractivity contribution is 0.622. The second kappa shape index (κ2) is 8.54. The summed E-state index contributed by atoms with van der Waals surface area (Å²) in [7, 11) is 0. The Morgan fingerprint density at radius 3 is 2.82 bits per heavy atom. The minimum absolute atomic E-state index is 0.152. The molecular formula is C21H16ClFN8O2S. The Hall–Kier alpha value is -3.77. The van der Waals surface area contributed by atoms with E-state index in [-0.39, 0.29) is 33.3 Å². The Morgan fingerprint density at radius 1 is 1.24 bits per heavy atom. The third-order valence-corrected chi connectivity index (χ3v) is 5.99. The summed E-state index contributed by atoms with van der Waals surface area (Å²) in [5.74, 6) is -0.0450. The Labute approximate surface area is 199 Å². The van der Waals surface area contributed by atoms with Crippen LogP contribution in [0.15, 0.2) is 57.6 Å². The van der Waals surface area contributed by atoms with Crippen molar-refractivity contribution in [1.29, 1.82) is 0 Å². The van der Waals surface area contributed by atoms with Gasteiger partial charge < -0.3 is 10.3 Å². The van der Waals surface area contributed by atoms with E-state index in [2.05, 4.69) is 30.4 Å². The van der Waals surface area contributed by atoms with E-state index in [1.807, 2.05) is 0 Å². The first-order chi connectivity index (χ1) is 16.4. The van der Waals surface area contributed by atoms with Gasteiger partial charge in [0.15, 0.2) is 16.6 Å². The Morgan fingerprint density at radius 2 is 2.06 bits per heavy atom. The molecule has 5 rings (SSSR count). The molecule has 0 amide bonds. The maximum absolute atomic E-state index is 14.1. The molecule has 0 unspecified atom stereocenters. The third-order valence-electron chi connectivity index (χ3n) is 5.14. The van der Waals surface area contributed by atoms with E-state index in [0.29, 0.717) is 10.8 Å². The fourth-order valence-electron chi connectivity index (χ4n) is 3.62. The van der Waals surface area contributed by atoms with Crippen molar-refractivity contribution in [2.24, 2.45) is 0 Å². The zero-order valence-corrected chi connectivity index (χ0v) is 19.4. The molecule has 1 aromatic carbocycles. The maximum atomic E-state index is 14.1. The first-order valence-electron chi connectivity index (χ1n) is 9.99. The number of H-pyrrole nitrogens is 1. The third kappa shape index (κ3) is 3.70. The van der Waals surface area contributed by atoms with Crippen molar-refractivity contribution in [2.75, 3.05) is 11.6 Å². The molecule has 2 N–H and O–H groups in total. The molecule has 1 atom stereocenters. The number of aromatic amines is 1. The summed E-state index contributed by atoms with van der Waals surface area (Å²) in [6.45, 7) is 1.74. The fraction of sp³-hybridized carbons (Fsp3) is 0.143. The number of thioether (sulfide) groups is 1. The van der Waals surface area contributed by atoms with Gasteiger partial charge in [0.2, 0.25) is 0 Å². The molecule has 0 spiro atoms. The number of aromatic nitrogens is 7. The number of benzene rings is 1. The van der Waals surface area contributed by atoms with Crippen LogP contribution in [0.2, 0.25) is 5.02 Å². The quantitative estimate of drug-likeness (QED) is 0.280. The minimum atomic E-state index is -0.658. The highest BCUT2D eigenvalue weighted by molar-refractivity contribution is 7.98. The normalized spacial score (nSPS) is 12.4. The number of anilines is 1. The van der Waals surface area contributed by atoms with Crippen LogP contribution in [-0.2, 0) is 0 Å². The van der Waals surface area contributed by atoms with Crippen molar-refractivity contribution in [1.82, 2.24) is 34.1 Å². The second-order valence-corrected chi connectivity index (χ2v) is 8.47. The molecular weight excluding hydrogens is 483 g/mol. The first-order valence-corrected chi connectivity index (χ1v) is 11.6. The van der Waals surface area contributed by atoms with Gasteiger partial charge in [-0.25, -0.2) is 18.9 Å². The van der Waals surface area contributed by atoms with Gasteiger partial charge in [-0.2, -0.15) is 10.1 Å². The lowest BCUT2D eigenvalue weighted by atomic mass is 10.2. The lowest BCUT2D eigenvalue weighted by Crippen LogP contribution is -2.29. The van der Waals surface area contributed by atoms with Crippen LogP contribution < -0.4 is 16.4 Å². The smallest absolute Gasteiger partial charge is 0.285 e. The number of hydrogen-bond acceptors (Lipinski definition) is 8. The molecule has 0 aliphatic rings. The van der Waals surface area contributed by atoms with Crippen molar-refractivity contribution < 1.29 is 4.39 Å². The number of rotatable bonds is 5. The summed E-state index contributed by atoms with van der Waals surface area (Å²) in [4.78, 5) is 41.3. The van der Waals surface area contributed by atoms with Crippen LogP contribution in [0.1, 0.15) is 18.8 Å². The van der Waals surface area contributed by atoms with Gasteiger partial charge in [-0.15, -0.1) is 0 Å². The molecule has 4 heterocycles. The van der Waals surface area contributed by atoms with Gasteiger partial charge in [-0.05, 0) is 37.4 Å². The SMILES string of the molecule is CSc1nc(N[C@@H](C)c2nn3ccc(Cl)c3c(=O)n2-c2cccc(F)c2)c2c(=O)nc[nH]c2n1. The van der Waals surface area contributed by atoms with Crippen molar-refractivity contribution in [3.8, 4) is 5.69 Å². The Bertz CT molecular complexity index is 1680. The standard InChI is InChI=1S/C21H16ClFN8O2S/c1-10(26-17-14-16(24-9-25-19(14)32)27-21(28-17)34-2)18-29-30-7-6-13(22)15(30)20(33)31(18)12-5-3-4-11(23)8-12/h3-10H,1-2H3,(H2,24,25,26,27,28,32)/t10-/m0/s1. The van der Waals surface area contributed by atoms with Gasteiger partial charge in [0.25, 0.3) is 11.1 Å². The van der Waals surface area contributed by atoms with Crippen LogP contribution >= 0.6 is 23.4 Å². The average molecular weight is 499 g/mol. The van der Waals surface area contributed by atoms with Gasteiger partial charge in [-0.1, -0.05) is 29.4 Å². The van der Waals surface area contributed by atoms with Gasteiger partial charge in [0, 0.05) is 6.20 Å². The fourth-order valence-corrected chi connectivity index (χ4v) is 4.21. The summed E-state index contributed by atoms with van der Waals surface area (Å²) in [5.41, 5.74) is -0.245. The molecule has 0 radical (unpaired) electrons. The summed E-state index contributed by atoms with van der Waals surface area (Å²) in [6.07, 6.45) is 4.63. The number of hydrogen-bond donors (Lipinski definition) is 2. The average Bonchev–Trinajstić information content (AvgIpc) is 3.19. The van der Waals surface area contributed by atoms with Crippen molar-refractivity contribution in [3.05, 3.63) is 80.2 Å². The predicted molar refractivity (Wildman–Crippen MR) is 128 cm³/mol. The van der Waals surface area contributed by atoms with E-state index in [1.54, 1.807) is 31.5 Å². The Balaban J connectivity index is 1.72. The molecule has 0 aliphatic carbocycles. The van der Waals surface area contributed by atoms with Crippen LogP contribution in [0.3, 0.4) is 0 Å². The molecule has 0 saturated carbocycles. The number of halogens is 2. The molecule has 4 aromatic heterocycles. The summed E-state index contributed by atoms with van der Waals surface area (Å²) >= 11 is 7.52. The van der Waals surface area contributed by atoms with Crippen LogP contribution in [0.25, 0.3) is 22.2 Å². The van der Waals surface area contributed by atoms with Crippen molar-refractivity contribution in [2.45, 2.75) is 18.1 Å². The molecule has 0 fully saturated rings. The highest BCUT2D eigenvalue weighted by atomic mass is 35.5. The van der Waals surface area contributed by atoms with Gasteiger partial charge in [-0.3, -0.25) is 14.2 Å². The van der Waals surface area contributed by atoms with Crippen LogP contribution in [0.4, 0.5) is 10.2 Å². The van der Waals surface area contributed by atoms with E-state index in [1.165, 1.54) is 45.4 Å². The van der Waals surface area contributed by atoms with Gasteiger partial charge in [0.05, 0.1) is 23.1 Å². The first kappa shape index (κ1) is 22.0. The number of fused-ring (bicyclic) bond motifs is 2. The summed E-state index contributed by atoms with van der Waals surface area (Å²) in [6, 6.07) is 6.49. The highest BCUT2D eigenvalue weighted by Crippen LogP contribution is 2.25. The Kier molecular flexibility index (Phi) is 5.54. The second-order valence-electron chi connectivity index (χ2n) is 7.29. The zero-order chi connectivity index (χ0) is 24.0. The molecule has 0 saturated heterocycles. The molecule has 34 heavy (non-hydrogen) atoms. The topological polar surface area (TPSA) is 123 Å². The maximum Gasteiger partial charge on any atom is 0.285 e. The van der Waals surface area contributed by atoms with E-state index >= 15 is 0 Å². The number of nitrogens with zero attached hydrogens (tertiary/aromatic N) is 6. The lowest BCUT2D eigenvalue weighted by Gasteiger charge is -2.20. The number of nitrogens with one attached hydrogen (secondary N) is 2. The summed E-state index contributed by atoms with van der Waals surface area (Å²) in [5, 5.41) is 8.53. The molecule has 0 aliphatic heterocycles. The molecule has 13 heteroatoms. The van der Waals surface area contributed by atoms with Crippen molar-refractivity contribution in [3.63, 3.8) is 0 Å². The molecule has 5 aromatic rings. The van der Waals surface area contributed by atoms with E-state index in [4.69, 9.17) is 11.6 Å². The predicted octanol–water partition coefficient (Wildman–Crippen LogP) is 3.20. The van der Waals surface area contributed by atoms with Crippen LogP contribution in [0.5, 0.6) is 0 Å². The van der Waals surface area contributed by atoms with Gasteiger partial charge >= 0.3 is 0 Å². The van der Waals surface area contributed by atoms with Crippen molar-refractivity contribution >= 4 is 45.7 Å². The van der Waals surface area contributed by atoms with E-state index in [0.717, 1.165) is 0 Å². The van der Waals surface area contributed by atoms with E-state index < -0.39 is 23.0 Å². The molecule has 172 valence electrons. The molecule has 0 bridgehead atoms. The minimum Gasteiger partial charge on any atom is -0.359 e. The van der Waals surface area contributed by atoms with Crippen LogP contribution in [-0.4, -0.2) is 40.4 Å².